The standard InChI is InChI=1S/C16H12ClF3O6S/c1-9(21)25-26-13-5-3-10(17)7-14(13)24-11-4-6-15(27(2,22)23)12(8-11)16(18,19)20/h3-8H,1-2H3. The first kappa shape index (κ1) is 20.8. The molecule has 0 unspecified atom stereocenters. The number of hydrogen-bond acceptors (Lipinski definition) is 6. The van der Waals surface area contributed by atoms with Crippen LogP contribution in [-0.2, 0) is 25.7 Å². The quantitative estimate of drug-likeness (QED) is 0.522. The molecule has 146 valence electrons. The molecule has 0 atom stereocenters. The molecule has 0 aromatic heterocycles. The topological polar surface area (TPSA) is 78.9 Å². The van der Waals surface area contributed by atoms with Crippen molar-refractivity contribution in [2.24, 2.45) is 0 Å². The number of ether oxygens (including phenoxy) is 1. The van der Waals surface area contributed by atoms with Gasteiger partial charge in [0, 0.05) is 24.3 Å². The number of halogens is 4. The van der Waals surface area contributed by atoms with Gasteiger partial charge in [-0.3, -0.25) is 9.78 Å². The molecule has 6 nitrogen and oxygen atoms in total. The van der Waals surface area contributed by atoms with Crippen LogP contribution in [0.3, 0.4) is 0 Å². The summed E-state index contributed by atoms with van der Waals surface area (Å²) in [5.41, 5.74) is -1.38. The summed E-state index contributed by atoms with van der Waals surface area (Å²) >= 11 is 5.83. The summed E-state index contributed by atoms with van der Waals surface area (Å²) < 4.78 is 68.2. The summed E-state index contributed by atoms with van der Waals surface area (Å²) in [4.78, 5) is 19.1. The molecule has 0 aliphatic carbocycles. The minimum atomic E-state index is -4.93. The van der Waals surface area contributed by atoms with E-state index in [1.54, 1.807) is 0 Å². The van der Waals surface area contributed by atoms with Gasteiger partial charge in [0.05, 0.1) is 10.5 Å². The Morgan fingerprint density at radius 1 is 1.07 bits per heavy atom. The molecule has 2 aromatic rings. The number of sulfone groups is 1. The fourth-order valence-corrected chi connectivity index (χ4v) is 3.03. The third-order valence-electron chi connectivity index (χ3n) is 3.04. The molecule has 11 heteroatoms. The van der Waals surface area contributed by atoms with Gasteiger partial charge in [0.2, 0.25) is 5.75 Å². The van der Waals surface area contributed by atoms with E-state index < -0.39 is 32.4 Å². The van der Waals surface area contributed by atoms with Gasteiger partial charge in [0.15, 0.2) is 15.6 Å². The van der Waals surface area contributed by atoms with Crippen LogP contribution in [0.5, 0.6) is 17.2 Å². The molecule has 2 aromatic carbocycles. The Kier molecular flexibility index (Phi) is 5.91. The van der Waals surface area contributed by atoms with Crippen molar-refractivity contribution >= 4 is 27.4 Å². The van der Waals surface area contributed by atoms with Gasteiger partial charge in [-0.1, -0.05) is 11.6 Å². The highest BCUT2D eigenvalue weighted by Gasteiger charge is 2.36. The van der Waals surface area contributed by atoms with Gasteiger partial charge in [-0.05, 0) is 30.3 Å². The minimum Gasteiger partial charge on any atom is -0.453 e. The summed E-state index contributed by atoms with van der Waals surface area (Å²) in [6, 6.07) is 6.23. The highest BCUT2D eigenvalue weighted by molar-refractivity contribution is 7.90. The summed E-state index contributed by atoms with van der Waals surface area (Å²) in [6.07, 6.45) is -4.26. The molecule has 0 saturated carbocycles. The molecule has 0 spiro atoms. The smallest absolute Gasteiger partial charge is 0.417 e. The maximum absolute atomic E-state index is 13.2. The number of carbonyl (C=O) groups excluding carboxylic acids is 1. The zero-order valence-electron chi connectivity index (χ0n) is 13.8. The molecule has 2 rings (SSSR count). The van der Waals surface area contributed by atoms with Crippen LogP contribution in [0.2, 0.25) is 5.02 Å². The fraction of sp³-hybridized carbons (Fsp3) is 0.188. The molecule has 0 saturated heterocycles. The molecule has 0 radical (unpaired) electrons. The van der Waals surface area contributed by atoms with Gasteiger partial charge in [0.25, 0.3) is 0 Å². The molecule has 0 amide bonds. The second-order valence-corrected chi connectivity index (χ2v) is 7.70. The molecular formula is C16H12ClF3O6S. The number of benzene rings is 2. The maximum atomic E-state index is 13.2. The van der Waals surface area contributed by atoms with Crippen molar-refractivity contribution in [2.75, 3.05) is 6.26 Å². The average molecular weight is 425 g/mol. The van der Waals surface area contributed by atoms with E-state index in [0.717, 1.165) is 19.1 Å². The second kappa shape index (κ2) is 7.65. The lowest BCUT2D eigenvalue weighted by atomic mass is 10.2. The van der Waals surface area contributed by atoms with Crippen molar-refractivity contribution in [3.05, 3.63) is 47.0 Å². The number of alkyl halides is 3. The molecule has 0 N–H and O–H groups in total. The molecular weight excluding hydrogens is 413 g/mol. The zero-order valence-corrected chi connectivity index (χ0v) is 15.4. The Hall–Kier alpha value is -2.46. The molecule has 0 heterocycles. The first-order valence-electron chi connectivity index (χ1n) is 7.11. The average Bonchev–Trinajstić information content (AvgIpc) is 2.52. The predicted molar refractivity (Wildman–Crippen MR) is 88.5 cm³/mol. The molecule has 0 aliphatic rings. The van der Waals surface area contributed by atoms with Crippen molar-refractivity contribution in [1.82, 2.24) is 0 Å². The van der Waals surface area contributed by atoms with Crippen LogP contribution in [0.15, 0.2) is 41.3 Å². The van der Waals surface area contributed by atoms with E-state index in [9.17, 15) is 26.4 Å². The minimum absolute atomic E-state index is 0.129. The van der Waals surface area contributed by atoms with Crippen molar-refractivity contribution in [2.45, 2.75) is 18.0 Å². The largest absolute Gasteiger partial charge is 0.453 e. The summed E-state index contributed by atoms with van der Waals surface area (Å²) in [7, 11) is -4.12. The second-order valence-electron chi connectivity index (χ2n) is 5.28. The van der Waals surface area contributed by atoms with Crippen LogP contribution in [0.25, 0.3) is 0 Å². The summed E-state index contributed by atoms with van der Waals surface area (Å²) in [5, 5.41) is 0.170. The van der Waals surface area contributed by atoms with Crippen molar-refractivity contribution in [1.29, 1.82) is 0 Å². The van der Waals surface area contributed by atoms with Gasteiger partial charge < -0.3 is 4.74 Å². The monoisotopic (exact) mass is 424 g/mol. The summed E-state index contributed by atoms with van der Waals surface area (Å²) in [5.74, 6) is -1.38. The van der Waals surface area contributed by atoms with Gasteiger partial charge >= 0.3 is 12.1 Å². The van der Waals surface area contributed by atoms with E-state index >= 15 is 0 Å². The Morgan fingerprint density at radius 3 is 2.30 bits per heavy atom. The third-order valence-corrected chi connectivity index (χ3v) is 4.43. The van der Waals surface area contributed by atoms with E-state index in [2.05, 4.69) is 4.89 Å². The highest BCUT2D eigenvalue weighted by Crippen LogP contribution is 2.39. The summed E-state index contributed by atoms with van der Waals surface area (Å²) in [6.45, 7) is 1.08. The van der Waals surface area contributed by atoms with Crippen LogP contribution in [0.4, 0.5) is 13.2 Å². The highest BCUT2D eigenvalue weighted by atomic mass is 35.5. The zero-order chi connectivity index (χ0) is 20.4. The van der Waals surface area contributed by atoms with E-state index in [4.69, 9.17) is 21.2 Å². The number of hydrogen-bond donors (Lipinski definition) is 0. The molecule has 27 heavy (non-hydrogen) atoms. The Labute approximate surface area is 157 Å². The third kappa shape index (κ3) is 5.51. The van der Waals surface area contributed by atoms with Crippen molar-refractivity contribution in [3.8, 4) is 17.2 Å². The van der Waals surface area contributed by atoms with Gasteiger partial charge in [-0.25, -0.2) is 13.2 Å². The van der Waals surface area contributed by atoms with Crippen molar-refractivity contribution in [3.63, 3.8) is 0 Å². The normalized spacial score (nSPS) is 11.8. The number of rotatable bonds is 5. The maximum Gasteiger partial charge on any atom is 0.417 e. The van der Waals surface area contributed by atoms with E-state index in [-0.39, 0.29) is 22.3 Å². The Balaban J connectivity index is 2.46. The SMILES string of the molecule is CC(=O)OOc1ccc(Cl)cc1Oc1ccc(S(C)(=O)=O)c(C(F)(F)F)c1. The lowest BCUT2D eigenvalue weighted by Gasteiger charge is -2.15. The van der Waals surface area contributed by atoms with Gasteiger partial charge in [0.1, 0.15) is 5.75 Å². The van der Waals surface area contributed by atoms with E-state index in [0.29, 0.717) is 12.3 Å². The van der Waals surface area contributed by atoms with Crippen LogP contribution >= 0.6 is 11.6 Å². The van der Waals surface area contributed by atoms with Crippen LogP contribution < -0.4 is 9.62 Å². The predicted octanol–water partition coefficient (Wildman–Crippen LogP) is 4.41. The lowest BCUT2D eigenvalue weighted by Crippen LogP contribution is -2.12. The molecule has 0 bridgehead atoms. The van der Waals surface area contributed by atoms with Gasteiger partial charge in [-0.15, -0.1) is 0 Å². The van der Waals surface area contributed by atoms with Crippen LogP contribution in [0, 0.1) is 0 Å². The van der Waals surface area contributed by atoms with Crippen molar-refractivity contribution < 1.29 is 40.9 Å². The Bertz CT molecular complexity index is 973. The first-order chi connectivity index (χ1) is 12.4. The fourth-order valence-electron chi connectivity index (χ4n) is 1.98. The molecule has 0 fully saturated rings. The first-order valence-corrected chi connectivity index (χ1v) is 9.38. The van der Waals surface area contributed by atoms with E-state index in [1.807, 2.05) is 0 Å². The van der Waals surface area contributed by atoms with Gasteiger partial charge in [-0.2, -0.15) is 13.2 Å². The van der Waals surface area contributed by atoms with E-state index in [1.165, 1.54) is 18.2 Å². The Morgan fingerprint density at radius 2 is 1.74 bits per heavy atom. The lowest BCUT2D eigenvalue weighted by molar-refractivity contribution is -0.211. The van der Waals surface area contributed by atoms with Crippen LogP contribution in [-0.4, -0.2) is 20.6 Å². The number of carbonyl (C=O) groups is 1. The van der Waals surface area contributed by atoms with Crippen LogP contribution in [0.1, 0.15) is 12.5 Å². The molecule has 0 aliphatic heterocycles.